The first-order valence-corrected chi connectivity index (χ1v) is 9.94. The average Bonchev–Trinajstić information content (AvgIpc) is 2.71. The second-order valence-corrected chi connectivity index (χ2v) is 6.28. The number of rotatable bonds is 15. The molecule has 1 heterocycles. The molecule has 0 bridgehead atoms. The summed E-state index contributed by atoms with van der Waals surface area (Å²) in [5.41, 5.74) is 6.53. The predicted octanol–water partition coefficient (Wildman–Crippen LogP) is 2.08. The number of hydrogen-bond donors (Lipinski definition) is 3. The molecule has 0 saturated carbocycles. The molecule has 8 nitrogen and oxygen atoms in total. The van der Waals surface area contributed by atoms with Crippen molar-refractivity contribution in [3.05, 3.63) is 41.7 Å². The Kier molecular flexibility index (Phi) is 10.9. The van der Waals surface area contributed by atoms with Gasteiger partial charge in [-0.2, -0.15) is 15.0 Å². The number of ether oxygens (including phenoxy) is 2. The summed E-state index contributed by atoms with van der Waals surface area (Å²) in [4.78, 5) is 13.6. The van der Waals surface area contributed by atoms with Crippen LogP contribution < -0.4 is 16.4 Å². The van der Waals surface area contributed by atoms with Crippen molar-refractivity contribution < 1.29 is 9.47 Å². The molecule has 0 aliphatic heterocycles. The maximum Gasteiger partial charge on any atom is 0.227 e. The number of nitrogens with two attached hydrogens (primary N) is 1. The van der Waals surface area contributed by atoms with Crippen LogP contribution in [0.3, 0.4) is 0 Å². The second kappa shape index (κ2) is 13.8. The fourth-order valence-electron chi connectivity index (χ4n) is 2.45. The van der Waals surface area contributed by atoms with Gasteiger partial charge in [0.2, 0.25) is 11.9 Å². The zero-order chi connectivity index (χ0) is 19.9. The number of aromatic nitrogens is 3. The topological polar surface area (TPSA) is 107 Å². The Labute approximate surface area is 167 Å². The van der Waals surface area contributed by atoms with Crippen molar-refractivity contribution in [1.29, 1.82) is 0 Å². The van der Waals surface area contributed by atoms with E-state index >= 15 is 0 Å². The predicted molar refractivity (Wildman–Crippen MR) is 112 cm³/mol. The molecule has 0 saturated heterocycles. The molecule has 1 aromatic heterocycles. The van der Waals surface area contributed by atoms with Crippen LogP contribution in [0.15, 0.2) is 30.3 Å². The molecular weight excluding hydrogens is 356 g/mol. The number of anilines is 2. The van der Waals surface area contributed by atoms with Crippen LogP contribution >= 0.6 is 0 Å². The van der Waals surface area contributed by atoms with Gasteiger partial charge in [-0.15, -0.1) is 0 Å². The highest BCUT2D eigenvalue weighted by Crippen LogP contribution is 2.10. The molecule has 2 aromatic rings. The Hall–Kier alpha value is -2.29. The van der Waals surface area contributed by atoms with Gasteiger partial charge < -0.3 is 25.8 Å². The molecule has 4 N–H and O–H groups in total. The van der Waals surface area contributed by atoms with Crippen molar-refractivity contribution in [2.24, 2.45) is 5.73 Å². The van der Waals surface area contributed by atoms with Crippen LogP contribution in [-0.4, -0.2) is 61.0 Å². The minimum absolute atomic E-state index is 0.529. The molecule has 0 unspecified atom stereocenters. The molecule has 0 spiro atoms. The van der Waals surface area contributed by atoms with Gasteiger partial charge in [-0.25, -0.2) is 0 Å². The molecular formula is C20H32N6O2. The largest absolute Gasteiger partial charge is 0.378 e. The van der Waals surface area contributed by atoms with Gasteiger partial charge in [0.1, 0.15) is 5.82 Å². The van der Waals surface area contributed by atoms with Crippen LogP contribution in [0.1, 0.15) is 31.2 Å². The standard InChI is InChI=1S/C20H32N6O2/c1-2-3-10-22-19-24-18(16-17-7-5-4-6-8-17)25-20(26-19)23-11-13-28-15-14-27-12-9-21/h4-8H,2-3,9-16,21H2,1H3,(H2,22,23,24,25,26). The van der Waals surface area contributed by atoms with E-state index in [0.717, 1.165) is 25.2 Å². The van der Waals surface area contributed by atoms with E-state index in [-0.39, 0.29) is 0 Å². The number of nitrogens with zero attached hydrogens (tertiary/aromatic N) is 3. The summed E-state index contributed by atoms with van der Waals surface area (Å²) in [6.07, 6.45) is 2.85. The van der Waals surface area contributed by atoms with Crippen molar-refractivity contribution in [2.45, 2.75) is 26.2 Å². The Morgan fingerprint density at radius 3 is 2.21 bits per heavy atom. The summed E-state index contributed by atoms with van der Waals surface area (Å²) in [6, 6.07) is 10.2. The van der Waals surface area contributed by atoms with Crippen molar-refractivity contribution in [3.63, 3.8) is 0 Å². The molecule has 8 heteroatoms. The van der Waals surface area contributed by atoms with E-state index in [4.69, 9.17) is 15.2 Å². The summed E-state index contributed by atoms with van der Waals surface area (Å²) < 4.78 is 10.8. The Morgan fingerprint density at radius 2 is 1.54 bits per heavy atom. The normalized spacial score (nSPS) is 10.8. The highest BCUT2D eigenvalue weighted by Gasteiger charge is 2.07. The minimum atomic E-state index is 0.529. The highest BCUT2D eigenvalue weighted by atomic mass is 16.5. The van der Waals surface area contributed by atoms with Gasteiger partial charge in [0, 0.05) is 26.1 Å². The SMILES string of the molecule is CCCCNc1nc(Cc2ccccc2)nc(NCCOCCOCCN)n1. The van der Waals surface area contributed by atoms with Gasteiger partial charge in [0.15, 0.2) is 0 Å². The smallest absolute Gasteiger partial charge is 0.227 e. The Morgan fingerprint density at radius 1 is 0.857 bits per heavy atom. The lowest BCUT2D eigenvalue weighted by molar-refractivity contribution is 0.0547. The summed E-state index contributed by atoms with van der Waals surface area (Å²) in [6.45, 7) is 6.34. The van der Waals surface area contributed by atoms with E-state index < -0.39 is 0 Å². The number of benzene rings is 1. The van der Waals surface area contributed by atoms with Gasteiger partial charge in [0.25, 0.3) is 0 Å². The monoisotopic (exact) mass is 388 g/mol. The van der Waals surface area contributed by atoms with Crippen molar-refractivity contribution in [2.75, 3.05) is 56.7 Å². The van der Waals surface area contributed by atoms with E-state index in [1.807, 2.05) is 18.2 Å². The highest BCUT2D eigenvalue weighted by molar-refractivity contribution is 5.35. The molecule has 0 aliphatic carbocycles. The molecule has 154 valence electrons. The first-order chi connectivity index (χ1) is 13.8. The van der Waals surface area contributed by atoms with E-state index in [1.54, 1.807) is 0 Å². The van der Waals surface area contributed by atoms with Crippen LogP contribution in [0.5, 0.6) is 0 Å². The molecule has 2 rings (SSSR count). The molecule has 1 aromatic carbocycles. The molecule has 0 radical (unpaired) electrons. The summed E-state index contributed by atoms with van der Waals surface area (Å²) in [5, 5.41) is 6.50. The fourth-order valence-corrected chi connectivity index (χ4v) is 2.45. The fraction of sp³-hybridized carbons (Fsp3) is 0.550. The third-order valence-corrected chi connectivity index (χ3v) is 3.86. The lowest BCUT2D eigenvalue weighted by Crippen LogP contribution is -2.17. The zero-order valence-corrected chi connectivity index (χ0v) is 16.7. The lowest BCUT2D eigenvalue weighted by Gasteiger charge is -2.11. The Bertz CT molecular complexity index is 656. The summed E-state index contributed by atoms with van der Waals surface area (Å²) in [7, 11) is 0. The van der Waals surface area contributed by atoms with Crippen LogP contribution in [0.2, 0.25) is 0 Å². The second-order valence-electron chi connectivity index (χ2n) is 6.28. The molecule has 0 aliphatic rings. The van der Waals surface area contributed by atoms with Crippen molar-refractivity contribution >= 4 is 11.9 Å². The lowest BCUT2D eigenvalue weighted by atomic mass is 10.1. The van der Waals surface area contributed by atoms with Crippen molar-refractivity contribution in [3.8, 4) is 0 Å². The maximum atomic E-state index is 5.52. The third-order valence-electron chi connectivity index (χ3n) is 3.86. The number of unbranched alkanes of at least 4 members (excludes halogenated alkanes) is 1. The van der Waals surface area contributed by atoms with Crippen LogP contribution in [0, 0.1) is 0 Å². The Balaban J connectivity index is 1.87. The summed E-state index contributed by atoms with van der Waals surface area (Å²) >= 11 is 0. The van der Waals surface area contributed by atoms with Gasteiger partial charge >= 0.3 is 0 Å². The average molecular weight is 389 g/mol. The van der Waals surface area contributed by atoms with Crippen LogP contribution in [-0.2, 0) is 15.9 Å². The van der Waals surface area contributed by atoms with Crippen molar-refractivity contribution in [1.82, 2.24) is 15.0 Å². The van der Waals surface area contributed by atoms with E-state index in [2.05, 4.69) is 44.6 Å². The number of hydrogen-bond acceptors (Lipinski definition) is 8. The molecule has 0 amide bonds. The van der Waals surface area contributed by atoms with E-state index in [9.17, 15) is 0 Å². The first kappa shape index (κ1) is 22.0. The minimum Gasteiger partial charge on any atom is -0.378 e. The van der Waals surface area contributed by atoms with Gasteiger partial charge in [-0.3, -0.25) is 0 Å². The third kappa shape index (κ3) is 9.07. The zero-order valence-electron chi connectivity index (χ0n) is 16.7. The quantitative estimate of drug-likeness (QED) is 0.398. The van der Waals surface area contributed by atoms with Crippen LogP contribution in [0.4, 0.5) is 11.9 Å². The molecule has 0 fully saturated rings. The first-order valence-electron chi connectivity index (χ1n) is 9.94. The van der Waals surface area contributed by atoms with E-state index in [1.165, 1.54) is 5.56 Å². The van der Waals surface area contributed by atoms with Gasteiger partial charge in [-0.05, 0) is 12.0 Å². The van der Waals surface area contributed by atoms with E-state index in [0.29, 0.717) is 57.8 Å². The van der Waals surface area contributed by atoms with Gasteiger partial charge in [0.05, 0.1) is 26.4 Å². The maximum absolute atomic E-state index is 5.52. The summed E-state index contributed by atoms with van der Waals surface area (Å²) in [5.74, 6) is 1.90. The number of nitrogens with one attached hydrogen (secondary N) is 2. The van der Waals surface area contributed by atoms with Gasteiger partial charge in [-0.1, -0.05) is 43.7 Å². The molecule has 0 atom stereocenters. The molecule has 28 heavy (non-hydrogen) atoms. The van der Waals surface area contributed by atoms with Crippen LogP contribution in [0.25, 0.3) is 0 Å².